The Morgan fingerprint density at radius 1 is 1.03 bits per heavy atom. The van der Waals surface area contributed by atoms with Crippen molar-refractivity contribution in [3.8, 4) is 17.3 Å². The summed E-state index contributed by atoms with van der Waals surface area (Å²) in [6.07, 6.45) is 5.04. The summed E-state index contributed by atoms with van der Waals surface area (Å²) in [5.74, 6) is -0.149. The van der Waals surface area contributed by atoms with E-state index in [1.165, 1.54) is 11.7 Å². The maximum Gasteiger partial charge on any atom is 0.316 e. The fourth-order valence-corrected chi connectivity index (χ4v) is 4.65. The number of amides is 1. The van der Waals surface area contributed by atoms with Crippen LogP contribution in [-0.2, 0) is 14.1 Å². The largest absolute Gasteiger partial charge is 0.467 e. The molecule has 0 aliphatic carbocycles. The summed E-state index contributed by atoms with van der Waals surface area (Å²) < 4.78 is 8.56. The van der Waals surface area contributed by atoms with E-state index in [4.69, 9.17) is 16.3 Å². The molecule has 8 nitrogen and oxygen atoms in total. The van der Waals surface area contributed by atoms with Gasteiger partial charge in [0.05, 0.1) is 29.7 Å². The Morgan fingerprint density at radius 2 is 1.71 bits per heavy atom. The molecule has 5 rings (SSSR count). The monoisotopic (exact) mass is 475 g/mol. The molecule has 3 aromatic heterocycles. The average molecular weight is 476 g/mol. The minimum absolute atomic E-state index is 0.0993. The number of hydrogen-bond acceptors (Lipinski definition) is 5. The third-order valence-corrected chi connectivity index (χ3v) is 6.42. The number of fused-ring (bicyclic) bond motifs is 1. The Balaban J connectivity index is 1.70. The molecule has 0 saturated carbocycles. The van der Waals surface area contributed by atoms with Gasteiger partial charge in [0.15, 0.2) is 0 Å². The third-order valence-electron chi connectivity index (χ3n) is 6.16. The first-order chi connectivity index (χ1) is 16.3. The number of aromatic nitrogens is 4. The number of halogens is 1. The number of pyridine rings is 1. The quantitative estimate of drug-likeness (QED) is 0.447. The van der Waals surface area contributed by atoms with E-state index >= 15 is 0 Å². The topological polar surface area (TPSA) is 82.2 Å². The number of ether oxygens (including phenoxy) is 1. The molecule has 0 spiro atoms. The Labute approximate surface area is 201 Å². The van der Waals surface area contributed by atoms with Crippen LogP contribution in [0.5, 0.6) is 6.01 Å². The normalized spacial score (nSPS) is 15.0. The summed E-state index contributed by atoms with van der Waals surface area (Å²) in [5, 5.41) is 0.612. The predicted molar refractivity (Wildman–Crippen MR) is 130 cm³/mol. The molecule has 1 aromatic carbocycles. The fourth-order valence-electron chi connectivity index (χ4n) is 4.53. The van der Waals surface area contributed by atoms with E-state index < -0.39 is 6.04 Å². The van der Waals surface area contributed by atoms with E-state index in [1.807, 2.05) is 41.9 Å². The lowest BCUT2D eigenvalue weighted by Gasteiger charge is -2.28. The number of hydrogen-bond donors (Lipinski definition) is 0. The second-order valence-electron chi connectivity index (χ2n) is 8.27. The summed E-state index contributed by atoms with van der Waals surface area (Å²) in [5.41, 5.74) is 5.02. The van der Waals surface area contributed by atoms with E-state index in [0.717, 1.165) is 22.5 Å². The van der Waals surface area contributed by atoms with Crippen molar-refractivity contribution in [2.24, 2.45) is 14.1 Å². The molecule has 0 bridgehead atoms. The molecule has 9 heteroatoms. The second-order valence-corrected chi connectivity index (χ2v) is 8.71. The van der Waals surface area contributed by atoms with Crippen LogP contribution in [0.3, 0.4) is 0 Å². The number of rotatable bonds is 4. The van der Waals surface area contributed by atoms with Crippen LogP contribution in [0.2, 0.25) is 5.02 Å². The molecule has 1 atom stereocenters. The standard InChI is InChI=1S/C25H22ClN5O3/c1-14-9-18(13-29(2)23(14)32)31-21(15-5-7-17(26)8-6-15)22-19(24(31)33)10-20(30(22)3)16-11-27-25(34-4)28-12-16/h5-13,21H,1-4H3. The van der Waals surface area contributed by atoms with Gasteiger partial charge >= 0.3 is 6.01 Å². The van der Waals surface area contributed by atoms with Crippen molar-refractivity contribution >= 4 is 23.2 Å². The minimum Gasteiger partial charge on any atom is -0.467 e. The highest BCUT2D eigenvalue weighted by atomic mass is 35.5. The molecular weight excluding hydrogens is 454 g/mol. The number of carbonyl (C=O) groups is 1. The Morgan fingerprint density at radius 3 is 2.32 bits per heavy atom. The molecule has 0 N–H and O–H groups in total. The highest BCUT2D eigenvalue weighted by Gasteiger charge is 2.42. The first-order valence-electron chi connectivity index (χ1n) is 10.6. The van der Waals surface area contributed by atoms with Crippen molar-refractivity contribution in [1.29, 1.82) is 0 Å². The lowest BCUT2D eigenvalue weighted by molar-refractivity contribution is 0.0993. The molecule has 1 amide bonds. The van der Waals surface area contributed by atoms with Gasteiger partial charge in [0.25, 0.3) is 11.5 Å². The smallest absolute Gasteiger partial charge is 0.316 e. The number of methoxy groups -OCH3 is 1. The van der Waals surface area contributed by atoms with Crippen LogP contribution in [0.25, 0.3) is 11.3 Å². The van der Waals surface area contributed by atoms with E-state index in [9.17, 15) is 9.59 Å². The molecule has 1 unspecified atom stereocenters. The molecule has 34 heavy (non-hydrogen) atoms. The van der Waals surface area contributed by atoms with Gasteiger partial charge in [-0.15, -0.1) is 0 Å². The lowest BCUT2D eigenvalue weighted by Crippen LogP contribution is -2.31. The number of nitrogens with zero attached hydrogens (tertiary/aromatic N) is 5. The summed E-state index contributed by atoms with van der Waals surface area (Å²) in [7, 11) is 5.12. The lowest BCUT2D eigenvalue weighted by atomic mass is 10.0. The molecule has 0 saturated heterocycles. The van der Waals surface area contributed by atoms with Gasteiger partial charge in [-0.05, 0) is 36.8 Å². The summed E-state index contributed by atoms with van der Waals surface area (Å²) >= 11 is 6.15. The van der Waals surface area contributed by atoms with Crippen LogP contribution < -0.4 is 15.2 Å². The van der Waals surface area contributed by atoms with E-state index in [2.05, 4.69) is 9.97 Å². The molecule has 4 heterocycles. The Bertz CT molecular complexity index is 1450. The van der Waals surface area contributed by atoms with Crippen molar-refractivity contribution in [3.05, 3.63) is 92.7 Å². The van der Waals surface area contributed by atoms with Gasteiger partial charge in [-0.1, -0.05) is 23.7 Å². The maximum absolute atomic E-state index is 13.8. The van der Waals surface area contributed by atoms with Crippen LogP contribution in [0, 0.1) is 6.92 Å². The summed E-state index contributed by atoms with van der Waals surface area (Å²) in [4.78, 5) is 36.2. The van der Waals surface area contributed by atoms with Crippen LogP contribution in [0.4, 0.5) is 5.69 Å². The van der Waals surface area contributed by atoms with Crippen LogP contribution in [0.15, 0.2) is 59.8 Å². The highest BCUT2D eigenvalue weighted by molar-refractivity contribution is 6.30. The molecule has 0 fully saturated rings. The van der Waals surface area contributed by atoms with E-state index in [-0.39, 0.29) is 17.5 Å². The van der Waals surface area contributed by atoms with Crippen LogP contribution in [-0.4, -0.2) is 32.1 Å². The van der Waals surface area contributed by atoms with Crippen molar-refractivity contribution < 1.29 is 9.53 Å². The molecule has 4 aromatic rings. The van der Waals surface area contributed by atoms with Crippen molar-refractivity contribution in [2.75, 3.05) is 12.0 Å². The Kier molecular flexibility index (Phi) is 5.25. The fraction of sp³-hybridized carbons (Fsp3) is 0.200. The summed E-state index contributed by atoms with van der Waals surface area (Å²) in [6.45, 7) is 1.75. The molecule has 0 radical (unpaired) electrons. The van der Waals surface area contributed by atoms with Gasteiger partial charge in [0.1, 0.15) is 6.04 Å². The molecule has 172 valence electrons. The molecule has 1 aliphatic rings. The average Bonchev–Trinajstić information content (AvgIpc) is 3.32. The molecule has 1 aliphatic heterocycles. The van der Waals surface area contributed by atoms with E-state index in [1.54, 1.807) is 43.5 Å². The predicted octanol–water partition coefficient (Wildman–Crippen LogP) is 3.90. The van der Waals surface area contributed by atoms with Gasteiger partial charge in [-0.25, -0.2) is 9.97 Å². The number of carbonyl (C=O) groups excluding carboxylic acids is 1. The SMILES string of the molecule is COc1ncc(-c2cc3c(n2C)C(c2ccc(Cl)cc2)N(c2cc(C)c(=O)n(C)c2)C3=O)cn1. The third kappa shape index (κ3) is 3.38. The molecular formula is C25H22ClN5O3. The van der Waals surface area contributed by atoms with Crippen LogP contribution >= 0.6 is 11.6 Å². The summed E-state index contributed by atoms with van der Waals surface area (Å²) in [6, 6.07) is 10.9. The zero-order valence-electron chi connectivity index (χ0n) is 19.1. The van der Waals surface area contributed by atoms with Gasteiger partial charge in [0.2, 0.25) is 0 Å². The second kappa shape index (κ2) is 8.14. The first kappa shape index (κ1) is 21.9. The van der Waals surface area contributed by atoms with Gasteiger partial charge < -0.3 is 13.9 Å². The van der Waals surface area contributed by atoms with Crippen molar-refractivity contribution in [1.82, 2.24) is 19.1 Å². The Hall–Kier alpha value is -3.91. The van der Waals surface area contributed by atoms with Crippen molar-refractivity contribution in [3.63, 3.8) is 0 Å². The minimum atomic E-state index is -0.408. The zero-order chi connectivity index (χ0) is 24.1. The zero-order valence-corrected chi connectivity index (χ0v) is 19.9. The first-order valence-corrected chi connectivity index (χ1v) is 11.0. The number of anilines is 1. The van der Waals surface area contributed by atoms with Gasteiger partial charge in [0, 0.05) is 48.8 Å². The van der Waals surface area contributed by atoms with Crippen molar-refractivity contribution in [2.45, 2.75) is 13.0 Å². The van der Waals surface area contributed by atoms with Gasteiger partial charge in [-0.3, -0.25) is 14.5 Å². The van der Waals surface area contributed by atoms with E-state index in [0.29, 0.717) is 21.8 Å². The number of benzene rings is 1. The number of aryl methyl sites for hydroxylation is 2. The maximum atomic E-state index is 13.8. The van der Waals surface area contributed by atoms with Gasteiger partial charge in [-0.2, -0.15) is 0 Å². The highest BCUT2D eigenvalue weighted by Crippen LogP contribution is 2.44. The van der Waals surface area contributed by atoms with Crippen LogP contribution in [0.1, 0.15) is 33.2 Å².